The monoisotopic (exact) mass is 353 g/mol. The molecule has 0 radical (unpaired) electrons. The van der Waals surface area contributed by atoms with Crippen molar-refractivity contribution in [2.75, 3.05) is 21.3 Å². The molecule has 2 aromatic heterocycles. The van der Waals surface area contributed by atoms with Gasteiger partial charge in [0.2, 0.25) is 0 Å². The molecule has 0 aliphatic carbocycles. The lowest BCUT2D eigenvalue weighted by Crippen LogP contribution is -2.33. The summed E-state index contributed by atoms with van der Waals surface area (Å²) in [5, 5.41) is 0. The minimum absolute atomic E-state index is 0.0173. The van der Waals surface area contributed by atoms with E-state index in [1.807, 2.05) is 6.07 Å². The fraction of sp³-hybridized carbons (Fsp3) is 0.211. The normalized spacial score (nSPS) is 10.6. The average Bonchev–Trinajstić information content (AvgIpc) is 2.68. The molecule has 26 heavy (non-hydrogen) atoms. The molecule has 0 spiro atoms. The predicted molar refractivity (Wildman–Crippen MR) is 96.8 cm³/mol. The van der Waals surface area contributed by atoms with Gasteiger partial charge in [-0.2, -0.15) is 0 Å². The molecule has 0 N–H and O–H groups in total. The number of carbonyl (C=O) groups excluding carboxylic acids is 1. The summed E-state index contributed by atoms with van der Waals surface area (Å²) in [6, 6.07) is 10.6. The summed E-state index contributed by atoms with van der Waals surface area (Å²) in [5.74, 6) is 0.868. The van der Waals surface area contributed by atoms with Gasteiger partial charge in [0.25, 0.3) is 11.5 Å². The van der Waals surface area contributed by atoms with E-state index in [4.69, 9.17) is 9.47 Å². The summed E-state index contributed by atoms with van der Waals surface area (Å²) in [4.78, 5) is 31.0. The van der Waals surface area contributed by atoms with Gasteiger partial charge in [-0.1, -0.05) is 6.07 Å². The highest BCUT2D eigenvalue weighted by Gasteiger charge is 2.19. The number of ether oxygens (including phenoxy) is 2. The number of carbonyl (C=O) groups is 1. The zero-order valence-electron chi connectivity index (χ0n) is 14.8. The average molecular weight is 353 g/mol. The first-order valence-corrected chi connectivity index (χ1v) is 7.98. The number of hydrogen-bond acceptors (Lipinski definition) is 5. The van der Waals surface area contributed by atoms with E-state index in [2.05, 4.69) is 4.98 Å². The molecular formula is C19H19N3O4. The highest BCUT2D eigenvalue weighted by Crippen LogP contribution is 2.25. The van der Waals surface area contributed by atoms with Gasteiger partial charge in [0.05, 0.1) is 14.2 Å². The van der Waals surface area contributed by atoms with Crippen LogP contribution in [0.2, 0.25) is 0 Å². The second kappa shape index (κ2) is 7.26. The van der Waals surface area contributed by atoms with Gasteiger partial charge in [0.15, 0.2) is 0 Å². The Morgan fingerprint density at radius 3 is 2.73 bits per heavy atom. The molecule has 0 aliphatic rings. The molecule has 0 saturated carbocycles. The fourth-order valence-corrected chi connectivity index (χ4v) is 2.69. The Bertz CT molecular complexity index is 1010. The standard InChI is InChI=1S/C19H19N3O4/c1-21(12-13-7-8-14(25-2)10-16(13)26-3)18(23)15-11-20-17-6-4-5-9-22(17)19(15)24/h4-11H,12H2,1-3H3. The van der Waals surface area contributed by atoms with E-state index in [-0.39, 0.29) is 12.1 Å². The topological polar surface area (TPSA) is 73.1 Å². The quantitative estimate of drug-likeness (QED) is 0.701. The molecule has 3 aromatic rings. The first kappa shape index (κ1) is 17.5. The third kappa shape index (κ3) is 3.23. The number of hydrogen-bond donors (Lipinski definition) is 0. The summed E-state index contributed by atoms with van der Waals surface area (Å²) in [7, 11) is 4.76. The number of amides is 1. The second-order valence-electron chi connectivity index (χ2n) is 5.74. The molecule has 3 rings (SSSR count). The van der Waals surface area contributed by atoms with Crippen LogP contribution >= 0.6 is 0 Å². The smallest absolute Gasteiger partial charge is 0.270 e. The SMILES string of the molecule is COc1ccc(CN(C)C(=O)c2cnc3ccccn3c2=O)c(OC)c1. The first-order chi connectivity index (χ1) is 12.5. The lowest BCUT2D eigenvalue weighted by Gasteiger charge is -2.19. The molecule has 1 amide bonds. The number of methoxy groups -OCH3 is 2. The van der Waals surface area contributed by atoms with Gasteiger partial charge in [-0.15, -0.1) is 0 Å². The van der Waals surface area contributed by atoms with Crippen LogP contribution in [0.15, 0.2) is 53.6 Å². The van der Waals surface area contributed by atoms with E-state index < -0.39 is 11.5 Å². The van der Waals surface area contributed by atoms with Crippen molar-refractivity contribution in [3.8, 4) is 11.5 Å². The summed E-state index contributed by atoms with van der Waals surface area (Å²) in [5.41, 5.74) is 0.921. The van der Waals surface area contributed by atoms with E-state index in [0.29, 0.717) is 17.1 Å². The molecule has 0 unspecified atom stereocenters. The van der Waals surface area contributed by atoms with Gasteiger partial charge < -0.3 is 14.4 Å². The maximum atomic E-state index is 12.7. The van der Waals surface area contributed by atoms with Gasteiger partial charge in [-0.25, -0.2) is 4.98 Å². The van der Waals surface area contributed by atoms with Crippen LogP contribution in [0.4, 0.5) is 0 Å². The number of nitrogens with zero attached hydrogens (tertiary/aromatic N) is 3. The zero-order valence-corrected chi connectivity index (χ0v) is 14.8. The van der Waals surface area contributed by atoms with Crippen molar-refractivity contribution in [3.05, 3.63) is 70.3 Å². The Morgan fingerprint density at radius 1 is 1.19 bits per heavy atom. The number of aromatic nitrogens is 2. The fourth-order valence-electron chi connectivity index (χ4n) is 2.69. The van der Waals surface area contributed by atoms with Gasteiger partial charge in [0.1, 0.15) is 22.7 Å². The van der Waals surface area contributed by atoms with E-state index in [0.717, 1.165) is 5.56 Å². The summed E-state index contributed by atoms with van der Waals surface area (Å²) < 4.78 is 11.9. The molecule has 0 fully saturated rings. The van der Waals surface area contributed by atoms with Gasteiger partial charge in [-0.3, -0.25) is 14.0 Å². The van der Waals surface area contributed by atoms with Crippen LogP contribution in [0.25, 0.3) is 5.65 Å². The Balaban J connectivity index is 1.89. The molecular weight excluding hydrogens is 334 g/mol. The van der Waals surface area contributed by atoms with Crippen LogP contribution < -0.4 is 15.0 Å². The van der Waals surface area contributed by atoms with Crippen molar-refractivity contribution in [2.24, 2.45) is 0 Å². The molecule has 0 aliphatic heterocycles. The van der Waals surface area contributed by atoms with Crippen LogP contribution in [-0.4, -0.2) is 41.5 Å². The third-order valence-corrected chi connectivity index (χ3v) is 4.09. The molecule has 134 valence electrons. The Morgan fingerprint density at radius 2 is 2.00 bits per heavy atom. The first-order valence-electron chi connectivity index (χ1n) is 7.98. The Labute approximate surface area is 150 Å². The van der Waals surface area contributed by atoms with Crippen molar-refractivity contribution in [2.45, 2.75) is 6.54 Å². The maximum Gasteiger partial charge on any atom is 0.270 e. The highest BCUT2D eigenvalue weighted by atomic mass is 16.5. The van der Waals surface area contributed by atoms with Gasteiger partial charge in [0, 0.05) is 37.6 Å². The Kier molecular flexibility index (Phi) is 4.88. The van der Waals surface area contributed by atoms with Crippen molar-refractivity contribution < 1.29 is 14.3 Å². The molecule has 0 bridgehead atoms. The van der Waals surface area contributed by atoms with Crippen molar-refractivity contribution >= 4 is 11.6 Å². The third-order valence-electron chi connectivity index (χ3n) is 4.09. The molecule has 7 heteroatoms. The molecule has 0 saturated heterocycles. The van der Waals surface area contributed by atoms with Crippen LogP contribution in [0.3, 0.4) is 0 Å². The summed E-state index contributed by atoms with van der Waals surface area (Å²) in [6.07, 6.45) is 2.91. The number of rotatable bonds is 5. The number of pyridine rings is 1. The second-order valence-corrected chi connectivity index (χ2v) is 5.74. The van der Waals surface area contributed by atoms with Crippen LogP contribution in [-0.2, 0) is 6.54 Å². The minimum Gasteiger partial charge on any atom is -0.497 e. The number of fused-ring (bicyclic) bond motifs is 1. The number of benzene rings is 1. The summed E-state index contributed by atoms with van der Waals surface area (Å²) in [6.45, 7) is 0.281. The zero-order chi connectivity index (χ0) is 18.7. The van der Waals surface area contributed by atoms with Crippen molar-refractivity contribution in [1.29, 1.82) is 0 Å². The predicted octanol–water partition coefficient (Wildman–Crippen LogP) is 1.98. The highest BCUT2D eigenvalue weighted by molar-refractivity contribution is 5.93. The lowest BCUT2D eigenvalue weighted by atomic mass is 10.1. The molecule has 0 atom stereocenters. The molecule has 2 heterocycles. The van der Waals surface area contributed by atoms with E-state index in [1.54, 1.807) is 57.8 Å². The Hall–Kier alpha value is -3.35. The van der Waals surface area contributed by atoms with Gasteiger partial charge in [-0.05, 0) is 24.3 Å². The van der Waals surface area contributed by atoms with Crippen molar-refractivity contribution in [3.63, 3.8) is 0 Å². The molecule has 7 nitrogen and oxygen atoms in total. The maximum absolute atomic E-state index is 12.7. The summed E-state index contributed by atoms with van der Waals surface area (Å²) >= 11 is 0. The van der Waals surface area contributed by atoms with E-state index in [9.17, 15) is 9.59 Å². The minimum atomic E-state index is -0.404. The van der Waals surface area contributed by atoms with E-state index >= 15 is 0 Å². The van der Waals surface area contributed by atoms with Crippen molar-refractivity contribution in [1.82, 2.24) is 14.3 Å². The van der Waals surface area contributed by atoms with E-state index in [1.165, 1.54) is 15.5 Å². The largest absolute Gasteiger partial charge is 0.497 e. The van der Waals surface area contributed by atoms with Crippen LogP contribution in [0.5, 0.6) is 11.5 Å². The molecule has 1 aromatic carbocycles. The van der Waals surface area contributed by atoms with Gasteiger partial charge >= 0.3 is 0 Å². The van der Waals surface area contributed by atoms with Crippen LogP contribution in [0, 0.1) is 0 Å². The lowest BCUT2D eigenvalue weighted by molar-refractivity contribution is 0.0782. The van der Waals surface area contributed by atoms with Crippen LogP contribution in [0.1, 0.15) is 15.9 Å².